The predicted molar refractivity (Wildman–Crippen MR) is 81.8 cm³/mol. The van der Waals surface area contributed by atoms with Crippen molar-refractivity contribution in [2.24, 2.45) is 0 Å². The van der Waals surface area contributed by atoms with Crippen LogP contribution in [0.2, 0.25) is 0 Å². The molecule has 2 N–H and O–H groups in total. The van der Waals surface area contributed by atoms with Gasteiger partial charge in [-0.25, -0.2) is 4.98 Å². The van der Waals surface area contributed by atoms with Crippen molar-refractivity contribution in [2.75, 3.05) is 5.32 Å². The summed E-state index contributed by atoms with van der Waals surface area (Å²) >= 11 is 0. The number of aromatic nitrogens is 5. The van der Waals surface area contributed by atoms with Crippen LogP contribution in [0, 0.1) is 6.92 Å². The summed E-state index contributed by atoms with van der Waals surface area (Å²) in [4.78, 5) is 4.35. The lowest BCUT2D eigenvalue weighted by atomic mass is 10.2. The Morgan fingerprint density at radius 1 is 1.29 bits per heavy atom. The van der Waals surface area contributed by atoms with E-state index in [1.807, 2.05) is 42.1 Å². The molecule has 1 aromatic carbocycles. The Hall–Kier alpha value is -2.63. The second-order valence-electron chi connectivity index (χ2n) is 4.82. The maximum Gasteiger partial charge on any atom is 0.181 e. The summed E-state index contributed by atoms with van der Waals surface area (Å²) in [6.07, 6.45) is 1.83. The third-order valence-electron chi connectivity index (χ3n) is 3.30. The van der Waals surface area contributed by atoms with Crippen LogP contribution >= 0.6 is 0 Å². The molecule has 0 atom stereocenters. The van der Waals surface area contributed by atoms with E-state index in [0.717, 1.165) is 41.7 Å². The molecule has 6 nitrogen and oxygen atoms in total. The Morgan fingerprint density at radius 2 is 2.19 bits per heavy atom. The summed E-state index contributed by atoms with van der Waals surface area (Å²) in [5.41, 5.74) is 3.20. The summed E-state index contributed by atoms with van der Waals surface area (Å²) in [6, 6.07) is 10.1. The van der Waals surface area contributed by atoms with E-state index < -0.39 is 0 Å². The van der Waals surface area contributed by atoms with Gasteiger partial charge in [-0.05, 0) is 32.0 Å². The fourth-order valence-corrected chi connectivity index (χ4v) is 2.23. The van der Waals surface area contributed by atoms with E-state index in [4.69, 9.17) is 0 Å². The lowest BCUT2D eigenvalue weighted by molar-refractivity contribution is 0.627. The lowest BCUT2D eigenvalue weighted by Gasteiger charge is -2.08. The average Bonchev–Trinajstić information content (AvgIpc) is 3.14. The number of H-pyrrole nitrogens is 1. The topological polar surface area (TPSA) is 71.4 Å². The minimum absolute atomic E-state index is 0.717. The molecule has 21 heavy (non-hydrogen) atoms. The van der Waals surface area contributed by atoms with Gasteiger partial charge in [0.25, 0.3) is 0 Å². The maximum absolute atomic E-state index is 4.35. The molecule has 0 saturated heterocycles. The summed E-state index contributed by atoms with van der Waals surface area (Å²) < 4.78 is 1.98. The number of rotatable bonds is 5. The number of benzene rings is 1. The molecule has 0 amide bonds. The highest BCUT2D eigenvalue weighted by Crippen LogP contribution is 2.19. The van der Waals surface area contributed by atoms with Gasteiger partial charge in [-0.3, -0.25) is 9.78 Å². The van der Waals surface area contributed by atoms with Crippen molar-refractivity contribution in [1.82, 2.24) is 25.0 Å². The highest BCUT2D eigenvalue weighted by molar-refractivity contribution is 5.62. The molecular weight excluding hydrogens is 264 g/mol. The Kier molecular flexibility index (Phi) is 3.68. The van der Waals surface area contributed by atoms with Gasteiger partial charge >= 0.3 is 0 Å². The molecule has 3 rings (SSSR count). The minimum Gasteiger partial charge on any atom is -0.379 e. The lowest BCUT2D eigenvalue weighted by Crippen LogP contribution is -2.07. The Labute approximate surface area is 123 Å². The third kappa shape index (κ3) is 2.94. The van der Waals surface area contributed by atoms with Crippen molar-refractivity contribution in [1.29, 1.82) is 0 Å². The number of nitrogens with one attached hydrogen (secondary N) is 2. The molecule has 0 aliphatic rings. The standard InChI is InChI=1S/C15H18N6/c1-3-21-14(7-8-17-21)10-16-13-6-4-5-12(9-13)15-18-11(2)19-20-15/h4-9,16H,3,10H2,1-2H3,(H,18,19,20). The van der Waals surface area contributed by atoms with Gasteiger partial charge in [0, 0.05) is 24.0 Å². The summed E-state index contributed by atoms with van der Waals surface area (Å²) in [5, 5.41) is 14.7. The van der Waals surface area contributed by atoms with E-state index in [1.54, 1.807) is 0 Å². The SMILES string of the molecule is CCn1nccc1CNc1cccc(-c2n[nH]c(C)n2)c1. The number of aromatic amines is 1. The van der Waals surface area contributed by atoms with Crippen LogP contribution in [0.15, 0.2) is 36.5 Å². The van der Waals surface area contributed by atoms with Gasteiger partial charge in [0.05, 0.1) is 12.2 Å². The van der Waals surface area contributed by atoms with Crippen LogP contribution in [0.4, 0.5) is 5.69 Å². The molecule has 0 bridgehead atoms. The first kappa shape index (κ1) is 13.4. The zero-order valence-corrected chi connectivity index (χ0v) is 12.2. The van der Waals surface area contributed by atoms with Crippen LogP contribution in [-0.2, 0) is 13.1 Å². The third-order valence-corrected chi connectivity index (χ3v) is 3.30. The number of hydrogen-bond donors (Lipinski definition) is 2. The number of anilines is 1. The molecule has 2 aromatic heterocycles. The van der Waals surface area contributed by atoms with Crippen molar-refractivity contribution in [2.45, 2.75) is 26.9 Å². The largest absolute Gasteiger partial charge is 0.379 e. The Balaban J connectivity index is 1.74. The van der Waals surface area contributed by atoms with Crippen LogP contribution in [0.1, 0.15) is 18.4 Å². The maximum atomic E-state index is 4.35. The van der Waals surface area contributed by atoms with Gasteiger partial charge in [0.1, 0.15) is 5.82 Å². The van der Waals surface area contributed by atoms with Crippen LogP contribution in [-0.4, -0.2) is 25.0 Å². The molecule has 0 unspecified atom stereocenters. The summed E-state index contributed by atoms with van der Waals surface area (Å²) in [7, 11) is 0. The fourth-order valence-electron chi connectivity index (χ4n) is 2.23. The Morgan fingerprint density at radius 3 is 2.95 bits per heavy atom. The molecule has 3 aromatic rings. The van der Waals surface area contributed by atoms with Crippen molar-refractivity contribution in [3.63, 3.8) is 0 Å². The van der Waals surface area contributed by atoms with E-state index in [2.05, 4.69) is 38.6 Å². The average molecular weight is 282 g/mol. The van der Waals surface area contributed by atoms with Crippen LogP contribution < -0.4 is 5.32 Å². The highest BCUT2D eigenvalue weighted by atomic mass is 15.3. The molecule has 0 radical (unpaired) electrons. The van der Waals surface area contributed by atoms with E-state index in [0.29, 0.717) is 0 Å². The van der Waals surface area contributed by atoms with Crippen molar-refractivity contribution < 1.29 is 0 Å². The first-order chi connectivity index (χ1) is 10.3. The first-order valence-corrected chi connectivity index (χ1v) is 7.00. The normalized spacial score (nSPS) is 10.8. The molecule has 0 fully saturated rings. The van der Waals surface area contributed by atoms with Gasteiger partial charge in [-0.15, -0.1) is 0 Å². The molecular formula is C15H18N6. The second-order valence-corrected chi connectivity index (χ2v) is 4.82. The molecule has 2 heterocycles. The van der Waals surface area contributed by atoms with Gasteiger partial charge < -0.3 is 5.32 Å². The highest BCUT2D eigenvalue weighted by Gasteiger charge is 2.05. The van der Waals surface area contributed by atoms with Gasteiger partial charge in [0.2, 0.25) is 0 Å². The first-order valence-electron chi connectivity index (χ1n) is 7.00. The second kappa shape index (κ2) is 5.78. The predicted octanol–water partition coefficient (Wildman–Crippen LogP) is 2.61. The molecule has 6 heteroatoms. The molecule has 0 aliphatic heterocycles. The molecule has 0 saturated carbocycles. The summed E-state index contributed by atoms with van der Waals surface area (Å²) in [5.74, 6) is 1.53. The smallest absolute Gasteiger partial charge is 0.181 e. The Bertz CT molecular complexity index is 727. The fraction of sp³-hybridized carbons (Fsp3) is 0.267. The summed E-state index contributed by atoms with van der Waals surface area (Å²) in [6.45, 7) is 5.60. The van der Waals surface area contributed by atoms with E-state index >= 15 is 0 Å². The molecule has 0 aliphatic carbocycles. The molecule has 108 valence electrons. The van der Waals surface area contributed by atoms with Gasteiger partial charge in [0.15, 0.2) is 5.82 Å². The monoisotopic (exact) mass is 282 g/mol. The zero-order valence-electron chi connectivity index (χ0n) is 12.2. The van der Waals surface area contributed by atoms with E-state index in [1.165, 1.54) is 0 Å². The van der Waals surface area contributed by atoms with Gasteiger partial charge in [-0.1, -0.05) is 12.1 Å². The van der Waals surface area contributed by atoms with Crippen LogP contribution in [0.5, 0.6) is 0 Å². The number of aryl methyl sites for hydroxylation is 2. The van der Waals surface area contributed by atoms with Crippen LogP contribution in [0.3, 0.4) is 0 Å². The minimum atomic E-state index is 0.717. The quantitative estimate of drug-likeness (QED) is 0.754. The zero-order chi connectivity index (χ0) is 14.7. The van der Waals surface area contributed by atoms with E-state index in [-0.39, 0.29) is 0 Å². The number of hydrogen-bond acceptors (Lipinski definition) is 4. The molecule has 0 spiro atoms. The van der Waals surface area contributed by atoms with Crippen LogP contribution in [0.25, 0.3) is 11.4 Å². The number of nitrogens with zero attached hydrogens (tertiary/aromatic N) is 4. The van der Waals surface area contributed by atoms with Crippen molar-refractivity contribution in [3.8, 4) is 11.4 Å². The van der Waals surface area contributed by atoms with Crippen molar-refractivity contribution >= 4 is 5.69 Å². The van der Waals surface area contributed by atoms with Crippen molar-refractivity contribution in [3.05, 3.63) is 48.0 Å². The van der Waals surface area contributed by atoms with E-state index in [9.17, 15) is 0 Å². The van der Waals surface area contributed by atoms with Gasteiger partial charge in [-0.2, -0.15) is 10.2 Å².